The number of ketones is 1. The van der Waals surface area contributed by atoms with Crippen molar-refractivity contribution in [2.75, 3.05) is 0 Å². The second-order valence-electron chi connectivity index (χ2n) is 4.32. The topological polar surface area (TPSA) is 17.1 Å². The molecule has 0 atom stereocenters. The van der Waals surface area contributed by atoms with Crippen LogP contribution in [0.15, 0.2) is 18.2 Å². The number of hydrogen-bond donors (Lipinski definition) is 0. The molecule has 2 rings (SSSR count). The van der Waals surface area contributed by atoms with Gasteiger partial charge >= 0.3 is 0 Å². The number of aryl methyl sites for hydroxylation is 2. The quantitative estimate of drug-likeness (QED) is 0.740. The zero-order chi connectivity index (χ0) is 10.8. The van der Waals surface area contributed by atoms with E-state index in [1.807, 2.05) is 6.07 Å². The van der Waals surface area contributed by atoms with Crippen LogP contribution < -0.4 is 0 Å². The Morgan fingerprint density at radius 1 is 1.47 bits per heavy atom. The normalized spacial score (nSPS) is 15.3. The van der Waals surface area contributed by atoms with Gasteiger partial charge in [-0.25, -0.2) is 4.39 Å². The van der Waals surface area contributed by atoms with Crippen molar-refractivity contribution in [3.05, 3.63) is 35.1 Å². The number of Topliss-reactive ketones (excluding diaryl/α,β-unsaturated/α-hetero) is 1. The summed E-state index contributed by atoms with van der Waals surface area (Å²) in [7, 11) is 0. The molecule has 15 heavy (non-hydrogen) atoms. The van der Waals surface area contributed by atoms with Crippen molar-refractivity contribution in [1.82, 2.24) is 0 Å². The first-order valence-electron chi connectivity index (χ1n) is 5.44. The van der Waals surface area contributed by atoms with Gasteiger partial charge in [0.2, 0.25) is 0 Å². The molecule has 1 fully saturated rings. The maximum atomic E-state index is 13.2. The van der Waals surface area contributed by atoms with E-state index in [2.05, 4.69) is 0 Å². The summed E-state index contributed by atoms with van der Waals surface area (Å²) in [4.78, 5) is 11.4. The number of rotatable bonds is 4. The van der Waals surface area contributed by atoms with Crippen LogP contribution in [0.25, 0.3) is 0 Å². The highest BCUT2D eigenvalue weighted by molar-refractivity contribution is 5.83. The Balaban J connectivity index is 1.92. The van der Waals surface area contributed by atoms with Crippen LogP contribution in [0.4, 0.5) is 4.39 Å². The van der Waals surface area contributed by atoms with E-state index in [9.17, 15) is 9.18 Å². The molecule has 0 spiro atoms. The molecule has 2 heteroatoms. The highest BCUT2D eigenvalue weighted by atomic mass is 19.1. The van der Waals surface area contributed by atoms with E-state index < -0.39 is 0 Å². The predicted molar refractivity (Wildman–Crippen MR) is 57.2 cm³/mol. The third-order valence-corrected chi connectivity index (χ3v) is 2.93. The molecule has 1 saturated carbocycles. The second-order valence-corrected chi connectivity index (χ2v) is 4.32. The van der Waals surface area contributed by atoms with E-state index in [-0.39, 0.29) is 5.82 Å². The monoisotopic (exact) mass is 206 g/mol. The smallest absolute Gasteiger partial charge is 0.136 e. The number of halogens is 1. The Labute approximate surface area is 89.3 Å². The zero-order valence-corrected chi connectivity index (χ0v) is 8.92. The summed E-state index contributed by atoms with van der Waals surface area (Å²) >= 11 is 0. The van der Waals surface area contributed by atoms with E-state index in [1.54, 1.807) is 13.0 Å². The summed E-state index contributed by atoms with van der Waals surface area (Å²) in [5.74, 6) is 0.489. The van der Waals surface area contributed by atoms with E-state index in [0.29, 0.717) is 30.1 Å². The summed E-state index contributed by atoms with van der Waals surface area (Å²) < 4.78 is 13.2. The molecule has 1 aliphatic rings. The lowest BCUT2D eigenvalue weighted by atomic mass is 10.0. The molecule has 0 heterocycles. The van der Waals surface area contributed by atoms with Gasteiger partial charge in [0, 0.05) is 12.3 Å². The maximum Gasteiger partial charge on any atom is 0.136 e. The second kappa shape index (κ2) is 4.13. The Bertz CT molecular complexity index is 380. The minimum absolute atomic E-state index is 0.175. The molecule has 0 N–H and O–H groups in total. The molecular formula is C13H15FO. The zero-order valence-electron chi connectivity index (χ0n) is 8.92. The first-order chi connectivity index (χ1) is 7.16. The molecule has 1 aliphatic carbocycles. The maximum absolute atomic E-state index is 13.2. The highest BCUT2D eigenvalue weighted by Gasteiger charge is 2.28. The lowest BCUT2D eigenvalue weighted by molar-refractivity contribution is -0.120. The van der Waals surface area contributed by atoms with Crippen LogP contribution in [0.3, 0.4) is 0 Å². The fourth-order valence-corrected chi connectivity index (χ4v) is 1.67. The SMILES string of the molecule is Cc1ccc(CCC(=O)C2CC2)cc1F. The molecule has 1 aromatic rings. The highest BCUT2D eigenvalue weighted by Crippen LogP contribution is 2.31. The van der Waals surface area contributed by atoms with Crippen LogP contribution in [-0.4, -0.2) is 5.78 Å². The Morgan fingerprint density at radius 3 is 2.80 bits per heavy atom. The number of benzene rings is 1. The minimum atomic E-state index is -0.175. The van der Waals surface area contributed by atoms with E-state index in [4.69, 9.17) is 0 Å². The molecule has 0 saturated heterocycles. The third-order valence-electron chi connectivity index (χ3n) is 2.93. The predicted octanol–water partition coefficient (Wildman–Crippen LogP) is 3.05. The molecule has 80 valence electrons. The van der Waals surface area contributed by atoms with Crippen LogP contribution in [-0.2, 0) is 11.2 Å². The Hall–Kier alpha value is -1.18. The fourth-order valence-electron chi connectivity index (χ4n) is 1.67. The molecule has 1 aromatic carbocycles. The van der Waals surface area contributed by atoms with Crippen molar-refractivity contribution in [2.24, 2.45) is 5.92 Å². The van der Waals surface area contributed by atoms with Crippen LogP contribution in [0.1, 0.15) is 30.4 Å². The van der Waals surface area contributed by atoms with Crippen molar-refractivity contribution in [1.29, 1.82) is 0 Å². The van der Waals surface area contributed by atoms with Crippen molar-refractivity contribution >= 4 is 5.78 Å². The first kappa shape index (κ1) is 10.3. The summed E-state index contributed by atoms with van der Waals surface area (Å²) in [6.07, 6.45) is 3.35. The average molecular weight is 206 g/mol. The van der Waals surface area contributed by atoms with E-state index in [1.165, 1.54) is 6.07 Å². The van der Waals surface area contributed by atoms with Crippen LogP contribution in [0.2, 0.25) is 0 Å². The van der Waals surface area contributed by atoms with Gasteiger partial charge in [0.25, 0.3) is 0 Å². The first-order valence-corrected chi connectivity index (χ1v) is 5.44. The van der Waals surface area contributed by atoms with Crippen molar-refractivity contribution in [2.45, 2.75) is 32.6 Å². The number of hydrogen-bond acceptors (Lipinski definition) is 1. The molecule has 0 aliphatic heterocycles. The molecule has 0 radical (unpaired) electrons. The van der Waals surface area contributed by atoms with Gasteiger partial charge in [0.1, 0.15) is 11.6 Å². The summed E-state index contributed by atoms with van der Waals surface area (Å²) in [6.45, 7) is 1.74. The number of carbonyl (C=O) groups is 1. The Morgan fingerprint density at radius 2 is 2.20 bits per heavy atom. The van der Waals surface area contributed by atoms with E-state index >= 15 is 0 Å². The fraction of sp³-hybridized carbons (Fsp3) is 0.462. The molecule has 0 amide bonds. The molecule has 0 aromatic heterocycles. The van der Waals surface area contributed by atoms with Crippen LogP contribution >= 0.6 is 0 Å². The van der Waals surface area contributed by atoms with Gasteiger partial charge in [-0.2, -0.15) is 0 Å². The van der Waals surface area contributed by atoms with Gasteiger partial charge in [-0.15, -0.1) is 0 Å². The third kappa shape index (κ3) is 2.65. The van der Waals surface area contributed by atoms with Crippen molar-refractivity contribution in [3.8, 4) is 0 Å². The minimum Gasteiger partial charge on any atom is -0.299 e. The van der Waals surface area contributed by atoms with E-state index in [0.717, 1.165) is 18.4 Å². The van der Waals surface area contributed by atoms with Crippen LogP contribution in [0, 0.1) is 18.7 Å². The standard InChI is InChI=1S/C13H15FO/c1-9-2-3-10(8-12(9)14)4-7-13(15)11-5-6-11/h2-3,8,11H,4-7H2,1H3. The summed E-state index contributed by atoms with van der Waals surface area (Å²) in [6, 6.07) is 5.21. The number of carbonyl (C=O) groups excluding carboxylic acids is 1. The molecule has 0 bridgehead atoms. The van der Waals surface area contributed by atoms with Crippen LogP contribution in [0.5, 0.6) is 0 Å². The largest absolute Gasteiger partial charge is 0.299 e. The summed E-state index contributed by atoms with van der Waals surface area (Å²) in [5.41, 5.74) is 1.58. The molecule has 0 unspecified atom stereocenters. The average Bonchev–Trinajstić information content (AvgIpc) is 3.03. The van der Waals surface area contributed by atoms with Crippen molar-refractivity contribution < 1.29 is 9.18 Å². The molecular weight excluding hydrogens is 191 g/mol. The van der Waals surface area contributed by atoms with Gasteiger partial charge in [-0.1, -0.05) is 12.1 Å². The van der Waals surface area contributed by atoms with Gasteiger partial charge in [0.05, 0.1) is 0 Å². The van der Waals surface area contributed by atoms with Crippen molar-refractivity contribution in [3.63, 3.8) is 0 Å². The molecule has 1 nitrogen and oxygen atoms in total. The van der Waals surface area contributed by atoms with Gasteiger partial charge < -0.3 is 0 Å². The van der Waals surface area contributed by atoms with Gasteiger partial charge in [0.15, 0.2) is 0 Å². The Kier molecular flexibility index (Phi) is 2.85. The lowest BCUT2D eigenvalue weighted by Crippen LogP contribution is -2.02. The summed E-state index contributed by atoms with van der Waals surface area (Å²) in [5, 5.41) is 0. The van der Waals surface area contributed by atoms with Gasteiger partial charge in [-0.3, -0.25) is 4.79 Å². The van der Waals surface area contributed by atoms with Gasteiger partial charge in [-0.05, 0) is 43.4 Å². The lowest BCUT2D eigenvalue weighted by Gasteiger charge is -2.02.